The summed E-state index contributed by atoms with van der Waals surface area (Å²) in [4.78, 5) is 28.4. The molecule has 0 aliphatic heterocycles. The Morgan fingerprint density at radius 1 is 0.740 bits per heavy atom. The molecule has 0 aromatic heterocycles. The van der Waals surface area contributed by atoms with Gasteiger partial charge in [0.1, 0.15) is 0 Å². The summed E-state index contributed by atoms with van der Waals surface area (Å²) in [5.41, 5.74) is -3.76. The van der Waals surface area contributed by atoms with Crippen LogP contribution in [0.25, 0.3) is 0 Å². The van der Waals surface area contributed by atoms with Gasteiger partial charge in [-0.25, -0.2) is 0 Å². The van der Waals surface area contributed by atoms with Crippen LogP contribution >= 0.6 is 0 Å². The van der Waals surface area contributed by atoms with E-state index in [1.807, 2.05) is 13.8 Å². The van der Waals surface area contributed by atoms with Crippen molar-refractivity contribution in [1.29, 1.82) is 0 Å². The molecule has 0 bridgehead atoms. The predicted octanol–water partition coefficient (Wildman–Crippen LogP) is 7.81. The van der Waals surface area contributed by atoms with Gasteiger partial charge in [0.05, 0.1) is 28.8 Å². The molecule has 274 valence electrons. The lowest BCUT2D eigenvalue weighted by Gasteiger charge is -2.26. The summed E-state index contributed by atoms with van der Waals surface area (Å²) >= 11 is 0. The number of benzene rings is 3. The van der Waals surface area contributed by atoms with E-state index in [0.717, 1.165) is 12.1 Å². The van der Waals surface area contributed by atoms with Crippen molar-refractivity contribution in [3.8, 4) is 0 Å². The first-order valence-corrected chi connectivity index (χ1v) is 15.8. The number of nitrogens with one attached hydrogen (secondary N) is 2. The molecule has 50 heavy (non-hydrogen) atoms. The quantitative estimate of drug-likeness (QED) is 0.149. The number of aryl methyl sites for hydroxylation is 1. The number of carbonyl (C=O) groups excluding carboxylic acids is 2. The van der Waals surface area contributed by atoms with Crippen LogP contribution < -0.4 is 10.6 Å². The lowest BCUT2D eigenvalue weighted by Crippen LogP contribution is -2.48. The number of hydrogen-bond donors (Lipinski definition) is 3. The van der Waals surface area contributed by atoms with Crippen molar-refractivity contribution in [2.24, 2.45) is 0 Å². The molecule has 3 rings (SSSR count). The molecule has 0 heterocycles. The molecule has 0 saturated heterocycles. The van der Waals surface area contributed by atoms with Crippen molar-refractivity contribution in [2.75, 3.05) is 19.6 Å². The lowest BCUT2D eigenvalue weighted by atomic mass is 9.96. The average Bonchev–Trinajstić information content (AvgIpc) is 3.02. The third kappa shape index (κ3) is 11.5. The standard InChI is InChI=1S/C35H38F9N3O3/c1-4-9-47(10-5-2)32(50)25-12-21(3)11-24(17-25)31(49)46-29(16-23-14-27(34(39,40)41)18-28(15-23)35(42,43)44)30(48)20-45-19-22-7-6-8-26(13-22)33(36,37)38/h6-8,11-15,17-18,29-30,45,48H,4-5,9-10,16,19-20H2,1-3H3,(H,46,49)/t29-,30+/m0/s1. The van der Waals surface area contributed by atoms with Crippen LogP contribution in [0.15, 0.2) is 60.7 Å². The summed E-state index contributed by atoms with van der Waals surface area (Å²) in [6, 6.07) is 8.04. The van der Waals surface area contributed by atoms with Gasteiger partial charge in [-0.2, -0.15) is 39.5 Å². The van der Waals surface area contributed by atoms with Crippen molar-refractivity contribution in [3.63, 3.8) is 0 Å². The smallest absolute Gasteiger partial charge is 0.390 e. The summed E-state index contributed by atoms with van der Waals surface area (Å²) in [7, 11) is 0. The lowest BCUT2D eigenvalue weighted by molar-refractivity contribution is -0.143. The molecule has 0 radical (unpaired) electrons. The zero-order valence-electron chi connectivity index (χ0n) is 27.5. The van der Waals surface area contributed by atoms with Crippen LogP contribution in [-0.4, -0.2) is 53.6 Å². The highest BCUT2D eigenvalue weighted by atomic mass is 19.4. The Kier molecular flexibility index (Phi) is 13.5. The minimum Gasteiger partial charge on any atom is -0.390 e. The van der Waals surface area contributed by atoms with Gasteiger partial charge in [0.15, 0.2) is 0 Å². The summed E-state index contributed by atoms with van der Waals surface area (Å²) in [6.45, 7) is 5.72. The van der Waals surface area contributed by atoms with E-state index in [-0.39, 0.29) is 35.2 Å². The van der Waals surface area contributed by atoms with E-state index < -0.39 is 71.8 Å². The molecule has 0 aliphatic carbocycles. The number of aliphatic hydroxyl groups excluding tert-OH is 1. The normalized spacial score (nSPS) is 13.5. The molecule has 3 N–H and O–H groups in total. The Bertz CT molecular complexity index is 1580. The van der Waals surface area contributed by atoms with Crippen molar-refractivity contribution in [3.05, 3.63) is 105 Å². The van der Waals surface area contributed by atoms with Crippen LogP contribution in [0, 0.1) is 6.92 Å². The molecule has 0 aliphatic rings. The third-order valence-corrected chi connectivity index (χ3v) is 7.68. The van der Waals surface area contributed by atoms with E-state index in [0.29, 0.717) is 43.6 Å². The van der Waals surface area contributed by atoms with Crippen molar-refractivity contribution in [2.45, 2.75) is 77.3 Å². The fraction of sp³-hybridized carbons (Fsp3) is 0.429. The fourth-order valence-corrected chi connectivity index (χ4v) is 5.37. The zero-order valence-corrected chi connectivity index (χ0v) is 27.5. The third-order valence-electron chi connectivity index (χ3n) is 7.68. The molecule has 0 spiro atoms. The average molecular weight is 720 g/mol. The first-order chi connectivity index (χ1) is 23.2. The number of aliphatic hydroxyl groups is 1. The number of halogens is 9. The second kappa shape index (κ2) is 16.7. The summed E-state index contributed by atoms with van der Waals surface area (Å²) in [5, 5.41) is 16.3. The Balaban J connectivity index is 1.95. The summed E-state index contributed by atoms with van der Waals surface area (Å²) in [6.07, 6.45) is -15.9. The fourth-order valence-electron chi connectivity index (χ4n) is 5.37. The molecule has 6 nitrogen and oxygen atoms in total. The van der Waals surface area contributed by atoms with Gasteiger partial charge in [-0.15, -0.1) is 0 Å². The number of carbonyl (C=O) groups is 2. The highest BCUT2D eigenvalue weighted by molar-refractivity contribution is 6.00. The SMILES string of the molecule is CCCN(CCC)C(=O)c1cc(C)cc(C(=O)N[C@@H](Cc2cc(C(F)(F)F)cc(C(F)(F)F)c2)[C@H](O)CNCc2cccc(C(F)(F)F)c2)c1. The van der Waals surface area contributed by atoms with Crippen LogP contribution in [0.1, 0.15) is 80.8 Å². The Hall–Kier alpha value is -4.11. The first kappa shape index (κ1) is 40.3. The van der Waals surface area contributed by atoms with Crippen LogP contribution in [0.5, 0.6) is 0 Å². The number of hydrogen-bond acceptors (Lipinski definition) is 4. The van der Waals surface area contributed by atoms with E-state index in [2.05, 4.69) is 10.6 Å². The molecule has 3 aromatic carbocycles. The van der Waals surface area contributed by atoms with E-state index in [9.17, 15) is 54.2 Å². The van der Waals surface area contributed by atoms with E-state index in [1.165, 1.54) is 24.3 Å². The summed E-state index contributed by atoms with van der Waals surface area (Å²) in [5.74, 6) is -1.21. The number of rotatable bonds is 14. The monoisotopic (exact) mass is 719 g/mol. The Morgan fingerprint density at radius 2 is 1.28 bits per heavy atom. The molecule has 15 heteroatoms. The van der Waals surface area contributed by atoms with Crippen LogP contribution in [0.2, 0.25) is 0 Å². The van der Waals surface area contributed by atoms with E-state index >= 15 is 0 Å². The van der Waals surface area contributed by atoms with Crippen molar-refractivity contribution >= 4 is 11.8 Å². The van der Waals surface area contributed by atoms with Gasteiger partial charge in [-0.05, 0) is 85.3 Å². The maximum absolute atomic E-state index is 13.6. The Morgan fingerprint density at radius 3 is 1.82 bits per heavy atom. The molecule has 2 amide bonds. The molecule has 0 saturated carbocycles. The van der Waals surface area contributed by atoms with Gasteiger partial charge in [0, 0.05) is 37.3 Å². The minimum atomic E-state index is -5.15. The Labute approximate surface area is 283 Å². The molecular formula is C35H38F9N3O3. The molecule has 2 atom stereocenters. The van der Waals surface area contributed by atoms with Crippen molar-refractivity contribution < 1.29 is 54.2 Å². The molecule has 3 aromatic rings. The second-order valence-electron chi connectivity index (χ2n) is 12.0. The second-order valence-corrected chi connectivity index (χ2v) is 12.0. The van der Waals surface area contributed by atoms with E-state index in [4.69, 9.17) is 0 Å². The predicted molar refractivity (Wildman–Crippen MR) is 168 cm³/mol. The maximum Gasteiger partial charge on any atom is 0.416 e. The van der Waals surface area contributed by atoms with E-state index in [1.54, 1.807) is 17.9 Å². The van der Waals surface area contributed by atoms with Crippen LogP contribution in [0.3, 0.4) is 0 Å². The van der Waals surface area contributed by atoms with Crippen molar-refractivity contribution in [1.82, 2.24) is 15.5 Å². The van der Waals surface area contributed by atoms with Gasteiger partial charge in [-0.1, -0.05) is 32.0 Å². The molecule has 0 fully saturated rings. The highest BCUT2D eigenvalue weighted by Gasteiger charge is 2.37. The largest absolute Gasteiger partial charge is 0.416 e. The minimum absolute atomic E-state index is 0.0458. The number of amides is 2. The van der Waals surface area contributed by atoms with Crippen LogP contribution in [-0.2, 0) is 31.5 Å². The zero-order chi connectivity index (χ0) is 37.4. The number of nitrogens with zero attached hydrogens (tertiary/aromatic N) is 1. The highest BCUT2D eigenvalue weighted by Crippen LogP contribution is 2.37. The van der Waals surface area contributed by atoms with Gasteiger partial charge in [0.25, 0.3) is 11.8 Å². The maximum atomic E-state index is 13.6. The summed E-state index contributed by atoms with van der Waals surface area (Å²) < 4.78 is 121. The van der Waals surface area contributed by atoms with Crippen LogP contribution in [0.4, 0.5) is 39.5 Å². The van der Waals surface area contributed by atoms with Gasteiger partial charge in [-0.3, -0.25) is 9.59 Å². The topological polar surface area (TPSA) is 81.7 Å². The molecular weight excluding hydrogens is 681 g/mol. The molecule has 0 unspecified atom stereocenters. The van der Waals surface area contributed by atoms with Gasteiger partial charge >= 0.3 is 18.5 Å². The number of alkyl halides is 9. The van der Waals surface area contributed by atoms with Gasteiger partial charge < -0.3 is 20.6 Å². The first-order valence-electron chi connectivity index (χ1n) is 15.8. The van der Waals surface area contributed by atoms with Gasteiger partial charge in [0.2, 0.25) is 0 Å².